The molecule has 0 saturated carbocycles. The Hall–Kier alpha value is -1.10. The third kappa shape index (κ3) is 2.97. The number of hydrogen-bond acceptors (Lipinski definition) is 3. The zero-order valence-electron chi connectivity index (χ0n) is 9.73. The van der Waals surface area contributed by atoms with E-state index in [0.717, 1.165) is 24.9 Å². The monoisotopic (exact) mass is 298 g/mol. The first kappa shape index (κ1) is 12.4. The molecular weight excluding hydrogens is 284 g/mol. The van der Waals surface area contributed by atoms with Crippen molar-refractivity contribution in [3.05, 3.63) is 23.9 Å². The molecule has 2 heterocycles. The van der Waals surface area contributed by atoms with E-state index in [0.29, 0.717) is 12.4 Å². The molecule has 0 bridgehead atoms. The van der Waals surface area contributed by atoms with Gasteiger partial charge in [-0.2, -0.15) is 0 Å². The predicted octanol–water partition coefficient (Wildman–Crippen LogP) is 1.98. The maximum Gasteiger partial charge on any atom is 0.236 e. The highest BCUT2D eigenvalue weighted by molar-refractivity contribution is 9.10. The lowest BCUT2D eigenvalue weighted by atomic mass is 10.1. The number of hydrogen-bond donors (Lipinski definition) is 0. The summed E-state index contributed by atoms with van der Waals surface area (Å²) >= 11 is 3.41. The highest BCUT2D eigenvalue weighted by atomic mass is 79.9. The quantitative estimate of drug-likeness (QED) is 0.802. The second kappa shape index (κ2) is 5.49. The van der Waals surface area contributed by atoms with Gasteiger partial charge in [0.05, 0.1) is 11.9 Å². The largest absolute Gasteiger partial charge is 0.481 e. The number of carbonyl (C=O) groups is 1. The molecule has 1 aromatic heterocycles. The number of alkyl halides is 1. The van der Waals surface area contributed by atoms with E-state index in [1.807, 2.05) is 17.0 Å². The molecular formula is C12H15BrN2O2. The average Bonchev–Trinajstić information content (AvgIpc) is 2.35. The van der Waals surface area contributed by atoms with Crippen molar-refractivity contribution in [3.8, 4) is 5.88 Å². The Morgan fingerprint density at radius 3 is 3.24 bits per heavy atom. The highest BCUT2D eigenvalue weighted by Crippen LogP contribution is 2.21. The molecule has 1 unspecified atom stereocenters. The number of likely N-dealkylation sites (tertiary alicyclic amines) is 1. The third-order valence-electron chi connectivity index (χ3n) is 2.85. The molecule has 92 valence electrons. The lowest BCUT2D eigenvalue weighted by molar-refractivity contribution is -0.133. The highest BCUT2D eigenvalue weighted by Gasteiger charge is 2.26. The van der Waals surface area contributed by atoms with Crippen molar-refractivity contribution < 1.29 is 9.53 Å². The van der Waals surface area contributed by atoms with Crippen LogP contribution in [0.4, 0.5) is 0 Å². The van der Waals surface area contributed by atoms with Crippen LogP contribution in [-0.2, 0) is 11.3 Å². The molecule has 1 aliphatic rings. The number of carbonyl (C=O) groups excluding carboxylic acids is 1. The molecule has 0 aliphatic carbocycles. The average molecular weight is 299 g/mol. The van der Waals surface area contributed by atoms with Crippen molar-refractivity contribution >= 4 is 21.8 Å². The van der Waals surface area contributed by atoms with E-state index in [1.165, 1.54) is 0 Å². The Morgan fingerprint density at radius 2 is 2.47 bits per heavy atom. The number of ether oxygens (including phenoxy) is 1. The van der Waals surface area contributed by atoms with Crippen LogP contribution in [0.1, 0.15) is 18.4 Å². The van der Waals surface area contributed by atoms with Gasteiger partial charge in [0.1, 0.15) is 0 Å². The number of halogens is 1. The van der Waals surface area contributed by atoms with Gasteiger partial charge in [-0.25, -0.2) is 4.98 Å². The number of aromatic nitrogens is 1. The van der Waals surface area contributed by atoms with Crippen LogP contribution in [0.5, 0.6) is 5.88 Å². The Kier molecular flexibility index (Phi) is 3.99. The van der Waals surface area contributed by atoms with Crippen molar-refractivity contribution in [1.82, 2.24) is 9.88 Å². The van der Waals surface area contributed by atoms with Crippen molar-refractivity contribution in [2.75, 3.05) is 13.7 Å². The summed E-state index contributed by atoms with van der Waals surface area (Å²) < 4.78 is 5.07. The zero-order valence-corrected chi connectivity index (χ0v) is 11.3. The molecule has 5 heteroatoms. The molecule has 1 aromatic rings. The molecule has 0 N–H and O–H groups in total. The molecule has 1 saturated heterocycles. The van der Waals surface area contributed by atoms with Gasteiger partial charge >= 0.3 is 0 Å². The van der Waals surface area contributed by atoms with Crippen molar-refractivity contribution in [2.24, 2.45) is 0 Å². The number of nitrogens with zero attached hydrogens (tertiary/aromatic N) is 2. The number of amides is 1. The van der Waals surface area contributed by atoms with Gasteiger partial charge in [0.15, 0.2) is 0 Å². The number of methoxy groups -OCH3 is 1. The van der Waals surface area contributed by atoms with Crippen LogP contribution in [0, 0.1) is 0 Å². The smallest absolute Gasteiger partial charge is 0.236 e. The van der Waals surface area contributed by atoms with Crippen molar-refractivity contribution in [2.45, 2.75) is 24.2 Å². The van der Waals surface area contributed by atoms with E-state index in [2.05, 4.69) is 20.9 Å². The molecule has 1 atom stereocenters. The summed E-state index contributed by atoms with van der Waals surface area (Å²) in [5.74, 6) is 0.759. The normalized spacial score (nSPS) is 20.5. The van der Waals surface area contributed by atoms with E-state index in [4.69, 9.17) is 4.74 Å². The molecule has 17 heavy (non-hydrogen) atoms. The van der Waals surface area contributed by atoms with E-state index in [-0.39, 0.29) is 10.7 Å². The van der Waals surface area contributed by atoms with Gasteiger partial charge in [-0.1, -0.05) is 15.9 Å². The Bertz CT molecular complexity index is 411. The SMILES string of the molecule is COc1cc(CN2CCCC(Br)C2=O)ccn1. The Morgan fingerprint density at radius 1 is 1.65 bits per heavy atom. The summed E-state index contributed by atoms with van der Waals surface area (Å²) in [6.07, 6.45) is 3.67. The first-order valence-corrected chi connectivity index (χ1v) is 6.54. The molecule has 0 aromatic carbocycles. The molecule has 2 rings (SSSR count). The summed E-state index contributed by atoms with van der Waals surface area (Å²) in [7, 11) is 1.59. The van der Waals surface area contributed by atoms with E-state index in [1.54, 1.807) is 13.3 Å². The molecule has 1 aliphatic heterocycles. The van der Waals surface area contributed by atoms with Gasteiger partial charge in [-0.05, 0) is 24.5 Å². The van der Waals surface area contributed by atoms with Gasteiger partial charge in [0.25, 0.3) is 0 Å². The fourth-order valence-electron chi connectivity index (χ4n) is 1.93. The standard InChI is InChI=1S/C12H15BrN2O2/c1-17-11-7-9(4-5-14-11)8-15-6-2-3-10(13)12(15)16/h4-5,7,10H,2-3,6,8H2,1H3. The lowest BCUT2D eigenvalue weighted by Gasteiger charge is -2.29. The predicted molar refractivity (Wildman–Crippen MR) is 68.2 cm³/mol. The van der Waals surface area contributed by atoms with Gasteiger partial charge in [-0.3, -0.25) is 4.79 Å². The minimum atomic E-state index is -0.0278. The second-order valence-electron chi connectivity index (χ2n) is 4.08. The fourth-order valence-corrected chi connectivity index (χ4v) is 2.54. The van der Waals surface area contributed by atoms with Gasteiger partial charge < -0.3 is 9.64 Å². The van der Waals surface area contributed by atoms with Crippen LogP contribution in [-0.4, -0.2) is 34.3 Å². The van der Waals surface area contributed by atoms with Gasteiger partial charge in [0, 0.05) is 25.4 Å². The molecule has 1 fully saturated rings. The topological polar surface area (TPSA) is 42.4 Å². The zero-order chi connectivity index (χ0) is 12.3. The van der Waals surface area contributed by atoms with Crippen LogP contribution in [0.2, 0.25) is 0 Å². The van der Waals surface area contributed by atoms with Crippen LogP contribution < -0.4 is 4.74 Å². The summed E-state index contributed by atoms with van der Waals surface area (Å²) in [5.41, 5.74) is 1.05. The minimum Gasteiger partial charge on any atom is -0.481 e. The first-order chi connectivity index (χ1) is 8.20. The maximum absolute atomic E-state index is 11.9. The van der Waals surface area contributed by atoms with Crippen LogP contribution >= 0.6 is 15.9 Å². The van der Waals surface area contributed by atoms with Crippen LogP contribution in [0.15, 0.2) is 18.3 Å². The van der Waals surface area contributed by atoms with Crippen LogP contribution in [0.3, 0.4) is 0 Å². The van der Waals surface area contributed by atoms with Gasteiger partial charge in [-0.15, -0.1) is 0 Å². The second-order valence-corrected chi connectivity index (χ2v) is 5.18. The van der Waals surface area contributed by atoms with Gasteiger partial charge in [0.2, 0.25) is 11.8 Å². The number of pyridine rings is 1. The third-order valence-corrected chi connectivity index (χ3v) is 3.70. The number of rotatable bonds is 3. The molecule has 4 nitrogen and oxygen atoms in total. The van der Waals surface area contributed by atoms with Crippen molar-refractivity contribution in [3.63, 3.8) is 0 Å². The summed E-state index contributed by atoms with van der Waals surface area (Å²) in [5, 5.41) is 0. The van der Waals surface area contributed by atoms with E-state index >= 15 is 0 Å². The van der Waals surface area contributed by atoms with Crippen LogP contribution in [0.25, 0.3) is 0 Å². The summed E-state index contributed by atoms with van der Waals surface area (Å²) in [4.78, 5) is 17.8. The Labute approximate surface area is 109 Å². The van der Waals surface area contributed by atoms with E-state index in [9.17, 15) is 4.79 Å². The van der Waals surface area contributed by atoms with E-state index < -0.39 is 0 Å². The minimum absolute atomic E-state index is 0.0278. The van der Waals surface area contributed by atoms with Crippen molar-refractivity contribution in [1.29, 1.82) is 0 Å². The number of piperidine rings is 1. The molecule has 0 spiro atoms. The molecule has 1 amide bonds. The Balaban J connectivity index is 2.06. The lowest BCUT2D eigenvalue weighted by Crippen LogP contribution is -2.41. The summed E-state index contributed by atoms with van der Waals surface area (Å²) in [6, 6.07) is 3.78. The summed E-state index contributed by atoms with van der Waals surface area (Å²) in [6.45, 7) is 1.45. The molecule has 0 radical (unpaired) electrons. The fraction of sp³-hybridized carbons (Fsp3) is 0.500. The first-order valence-electron chi connectivity index (χ1n) is 5.62. The maximum atomic E-state index is 11.9.